The minimum Gasteiger partial charge on any atom is -0.408 e. The van der Waals surface area contributed by atoms with E-state index in [1.54, 1.807) is 13.1 Å². The molecule has 4 aromatic rings. The topological polar surface area (TPSA) is 82.1 Å². The zero-order chi connectivity index (χ0) is 20.3. The monoisotopic (exact) mass is 388 g/mol. The summed E-state index contributed by atoms with van der Waals surface area (Å²) >= 11 is 0. The minimum atomic E-state index is -0.420. The van der Waals surface area contributed by atoms with E-state index < -0.39 is 5.76 Å². The molecule has 1 N–H and O–H groups in total. The predicted octanol–water partition coefficient (Wildman–Crippen LogP) is 3.41. The number of hydrogen-bond acceptors (Lipinski definition) is 4. The number of anilines is 1. The molecule has 3 heterocycles. The van der Waals surface area contributed by atoms with Crippen LogP contribution >= 0.6 is 0 Å². The van der Waals surface area contributed by atoms with Crippen LogP contribution in [-0.4, -0.2) is 20.3 Å². The molecule has 5 rings (SSSR count). The van der Waals surface area contributed by atoms with Crippen molar-refractivity contribution in [1.29, 1.82) is 0 Å². The summed E-state index contributed by atoms with van der Waals surface area (Å²) in [6, 6.07) is 13.8. The first-order valence-corrected chi connectivity index (χ1v) is 9.47. The summed E-state index contributed by atoms with van der Waals surface area (Å²) in [4.78, 5) is 24.3. The van der Waals surface area contributed by atoms with Crippen molar-refractivity contribution in [2.75, 3.05) is 5.32 Å². The smallest absolute Gasteiger partial charge is 0.408 e. The molecule has 0 fully saturated rings. The van der Waals surface area contributed by atoms with E-state index in [4.69, 9.17) is 4.42 Å². The van der Waals surface area contributed by atoms with Gasteiger partial charge in [-0.3, -0.25) is 9.36 Å². The van der Waals surface area contributed by atoms with Crippen molar-refractivity contribution < 1.29 is 9.21 Å². The third-order valence-corrected chi connectivity index (χ3v) is 5.53. The van der Waals surface area contributed by atoms with Crippen molar-refractivity contribution in [2.45, 2.75) is 26.2 Å². The number of benzene rings is 2. The number of rotatable bonds is 2. The van der Waals surface area contributed by atoms with Crippen LogP contribution in [0.3, 0.4) is 0 Å². The number of nitrogens with zero attached hydrogens (tertiary/aromatic N) is 3. The van der Waals surface area contributed by atoms with E-state index in [2.05, 4.69) is 16.5 Å². The SMILES string of the molecule is Cc1cc(C)n(-c2cccc([C@H]3CC(=O)Nc4cc5oc(=O)n(C)c5cc43)c2)n1. The number of oxazole rings is 1. The minimum absolute atomic E-state index is 0.0587. The Morgan fingerprint density at radius 1 is 1.14 bits per heavy atom. The number of amides is 1. The quantitative estimate of drug-likeness (QED) is 0.571. The molecular formula is C22H20N4O3. The molecular weight excluding hydrogens is 368 g/mol. The highest BCUT2D eigenvalue weighted by Crippen LogP contribution is 2.39. The molecule has 0 saturated carbocycles. The first-order valence-electron chi connectivity index (χ1n) is 9.47. The Bertz CT molecular complexity index is 1340. The Hall–Kier alpha value is -3.61. The van der Waals surface area contributed by atoms with Gasteiger partial charge in [0.1, 0.15) is 0 Å². The van der Waals surface area contributed by atoms with E-state index in [1.807, 2.05) is 48.9 Å². The fraction of sp³-hybridized carbons (Fsp3) is 0.227. The molecule has 1 aliphatic rings. The summed E-state index contributed by atoms with van der Waals surface area (Å²) in [5, 5.41) is 7.48. The van der Waals surface area contributed by atoms with Crippen molar-refractivity contribution in [3.63, 3.8) is 0 Å². The van der Waals surface area contributed by atoms with Gasteiger partial charge in [-0.2, -0.15) is 5.10 Å². The maximum atomic E-state index is 12.4. The molecule has 0 radical (unpaired) electrons. The number of nitrogens with one attached hydrogen (secondary N) is 1. The lowest BCUT2D eigenvalue weighted by Crippen LogP contribution is -2.23. The zero-order valence-corrected chi connectivity index (χ0v) is 16.4. The van der Waals surface area contributed by atoms with Crippen LogP contribution in [0.1, 0.15) is 34.9 Å². The van der Waals surface area contributed by atoms with E-state index >= 15 is 0 Å². The number of fused-ring (bicyclic) bond motifs is 2. The molecule has 2 aromatic carbocycles. The molecule has 1 atom stereocenters. The summed E-state index contributed by atoms with van der Waals surface area (Å²) in [7, 11) is 1.68. The number of carbonyl (C=O) groups is 1. The second-order valence-corrected chi connectivity index (χ2v) is 7.57. The normalized spacial score (nSPS) is 16.1. The van der Waals surface area contributed by atoms with E-state index in [1.165, 1.54) is 4.57 Å². The maximum Gasteiger partial charge on any atom is 0.419 e. The van der Waals surface area contributed by atoms with Gasteiger partial charge in [-0.1, -0.05) is 12.1 Å². The number of hydrogen-bond donors (Lipinski definition) is 1. The van der Waals surface area contributed by atoms with Crippen molar-refractivity contribution in [1.82, 2.24) is 14.3 Å². The summed E-state index contributed by atoms with van der Waals surface area (Å²) in [6.07, 6.45) is 0.338. The van der Waals surface area contributed by atoms with Gasteiger partial charge >= 0.3 is 5.76 Å². The average Bonchev–Trinajstić information content (AvgIpc) is 3.17. The largest absolute Gasteiger partial charge is 0.419 e. The fourth-order valence-electron chi connectivity index (χ4n) is 4.14. The van der Waals surface area contributed by atoms with Gasteiger partial charge in [0.25, 0.3) is 0 Å². The Kier molecular flexibility index (Phi) is 3.74. The maximum absolute atomic E-state index is 12.4. The van der Waals surface area contributed by atoms with Crippen LogP contribution in [0.25, 0.3) is 16.8 Å². The number of aryl methyl sites for hydroxylation is 3. The predicted molar refractivity (Wildman–Crippen MR) is 110 cm³/mol. The van der Waals surface area contributed by atoms with Crippen LogP contribution in [0.5, 0.6) is 0 Å². The van der Waals surface area contributed by atoms with E-state index in [0.29, 0.717) is 23.2 Å². The lowest BCUT2D eigenvalue weighted by atomic mass is 9.84. The summed E-state index contributed by atoms with van der Waals surface area (Å²) in [6.45, 7) is 3.99. The van der Waals surface area contributed by atoms with Crippen LogP contribution in [0.4, 0.5) is 5.69 Å². The Morgan fingerprint density at radius 3 is 2.72 bits per heavy atom. The molecule has 146 valence electrons. The zero-order valence-electron chi connectivity index (χ0n) is 16.4. The van der Waals surface area contributed by atoms with Crippen molar-refractivity contribution >= 4 is 22.7 Å². The molecule has 7 heteroatoms. The lowest BCUT2D eigenvalue weighted by Gasteiger charge is -2.26. The van der Waals surface area contributed by atoms with Crippen LogP contribution < -0.4 is 11.1 Å². The molecule has 0 unspecified atom stereocenters. The fourth-order valence-corrected chi connectivity index (χ4v) is 4.14. The highest BCUT2D eigenvalue weighted by atomic mass is 16.4. The molecule has 29 heavy (non-hydrogen) atoms. The Labute approximate surface area is 166 Å². The highest BCUT2D eigenvalue weighted by molar-refractivity contribution is 5.98. The Balaban J connectivity index is 1.67. The molecule has 0 saturated heterocycles. The molecule has 1 aliphatic heterocycles. The third-order valence-electron chi connectivity index (χ3n) is 5.53. The van der Waals surface area contributed by atoms with E-state index in [-0.39, 0.29) is 11.8 Å². The standard InChI is InChI=1S/C22H20N4O3/c1-12-7-13(2)26(24-12)15-6-4-5-14(8-15)16-10-21(27)23-18-11-20-19(9-17(16)18)25(3)22(28)29-20/h4-9,11,16H,10H2,1-3H3,(H,23,27)/t16-/m1/s1. The molecule has 0 aliphatic carbocycles. The summed E-state index contributed by atoms with van der Waals surface area (Å²) in [5.41, 5.74) is 6.83. The van der Waals surface area contributed by atoms with Crippen LogP contribution in [0, 0.1) is 13.8 Å². The Morgan fingerprint density at radius 2 is 1.97 bits per heavy atom. The van der Waals surface area contributed by atoms with Gasteiger partial charge in [-0.25, -0.2) is 9.48 Å². The second-order valence-electron chi connectivity index (χ2n) is 7.57. The van der Waals surface area contributed by atoms with E-state index in [0.717, 1.165) is 28.2 Å². The molecule has 2 aromatic heterocycles. The number of carbonyl (C=O) groups excluding carboxylic acids is 1. The van der Waals surface area contributed by atoms with Gasteiger partial charge in [-0.15, -0.1) is 0 Å². The second kappa shape index (κ2) is 6.20. The van der Waals surface area contributed by atoms with Gasteiger partial charge in [-0.05, 0) is 49.2 Å². The first-order chi connectivity index (χ1) is 13.9. The van der Waals surface area contributed by atoms with Gasteiger partial charge in [0.05, 0.1) is 16.9 Å². The molecule has 0 bridgehead atoms. The van der Waals surface area contributed by atoms with Crippen LogP contribution in [0.2, 0.25) is 0 Å². The molecule has 0 spiro atoms. The van der Waals surface area contributed by atoms with E-state index in [9.17, 15) is 9.59 Å². The summed E-state index contributed by atoms with van der Waals surface area (Å²) in [5.74, 6) is -0.599. The molecule has 7 nitrogen and oxygen atoms in total. The van der Waals surface area contributed by atoms with Crippen LogP contribution in [-0.2, 0) is 11.8 Å². The van der Waals surface area contributed by atoms with Crippen LogP contribution in [0.15, 0.2) is 51.7 Å². The van der Waals surface area contributed by atoms with Gasteiger partial charge in [0.15, 0.2) is 5.58 Å². The van der Waals surface area contributed by atoms with Gasteiger partial charge in [0, 0.05) is 36.8 Å². The molecule has 1 amide bonds. The number of aromatic nitrogens is 3. The van der Waals surface area contributed by atoms with Gasteiger partial charge in [0.2, 0.25) is 5.91 Å². The van der Waals surface area contributed by atoms with Crippen molar-refractivity contribution in [2.24, 2.45) is 7.05 Å². The highest BCUT2D eigenvalue weighted by Gasteiger charge is 2.28. The summed E-state index contributed by atoms with van der Waals surface area (Å²) < 4.78 is 8.67. The average molecular weight is 388 g/mol. The van der Waals surface area contributed by atoms with Gasteiger partial charge < -0.3 is 9.73 Å². The first kappa shape index (κ1) is 17.5. The van der Waals surface area contributed by atoms with Crippen molar-refractivity contribution in [3.05, 3.63) is 75.5 Å². The van der Waals surface area contributed by atoms with Crippen molar-refractivity contribution in [3.8, 4) is 5.69 Å². The third kappa shape index (κ3) is 2.77. The lowest BCUT2D eigenvalue weighted by molar-refractivity contribution is -0.116.